The molecule has 1 aliphatic heterocycles. The van der Waals surface area contributed by atoms with Crippen molar-refractivity contribution in [2.75, 3.05) is 5.32 Å². The summed E-state index contributed by atoms with van der Waals surface area (Å²) >= 11 is 0. The Labute approximate surface area is 80.6 Å². The fourth-order valence-electron chi connectivity index (χ4n) is 1.85. The van der Waals surface area contributed by atoms with Crippen LogP contribution in [0.4, 0.5) is 5.69 Å². The minimum atomic E-state index is -0.171. The minimum Gasteiger partial charge on any atom is -0.322 e. The lowest BCUT2D eigenvalue weighted by Crippen LogP contribution is -2.27. The quantitative estimate of drug-likeness (QED) is 0.680. The topological polar surface area (TPSA) is 46.9 Å². The van der Waals surface area contributed by atoms with Crippen LogP contribution in [-0.4, -0.2) is 15.5 Å². The van der Waals surface area contributed by atoms with Gasteiger partial charge >= 0.3 is 0 Å². The summed E-state index contributed by atoms with van der Waals surface area (Å²) in [5, 5.41) is 2.86. The number of anilines is 1. The second-order valence-electron chi connectivity index (χ2n) is 3.49. The standard InChI is InChI=1S/C10H9N3O/c1-6-10(14)12-8-4-2-3-7-9(8)13(6)5-11-7/h2-6H,1H3,(H,12,14). The average molecular weight is 187 g/mol. The summed E-state index contributed by atoms with van der Waals surface area (Å²) in [5.41, 5.74) is 2.79. The Hall–Kier alpha value is -1.84. The van der Waals surface area contributed by atoms with Gasteiger partial charge in [0.1, 0.15) is 6.04 Å². The number of nitrogens with zero attached hydrogens (tertiary/aromatic N) is 2. The van der Waals surface area contributed by atoms with Gasteiger partial charge in [-0.2, -0.15) is 0 Å². The molecule has 0 fully saturated rings. The van der Waals surface area contributed by atoms with Gasteiger partial charge in [0.15, 0.2) is 0 Å². The molecule has 0 radical (unpaired) electrons. The first-order valence-electron chi connectivity index (χ1n) is 4.54. The number of nitrogens with one attached hydrogen (secondary N) is 1. The number of carbonyl (C=O) groups excluding carboxylic acids is 1. The molecule has 0 aliphatic carbocycles. The van der Waals surface area contributed by atoms with E-state index in [1.54, 1.807) is 6.33 Å². The molecule has 1 N–H and O–H groups in total. The van der Waals surface area contributed by atoms with Gasteiger partial charge in [0.05, 0.1) is 23.0 Å². The number of hydrogen-bond donors (Lipinski definition) is 1. The number of amides is 1. The Bertz CT molecular complexity index is 529. The second kappa shape index (κ2) is 2.35. The normalized spacial score (nSPS) is 19.8. The molecule has 1 amide bonds. The number of aromatic nitrogens is 2. The molecule has 1 aliphatic rings. The number of imidazole rings is 1. The van der Waals surface area contributed by atoms with Crippen LogP contribution in [0, 0.1) is 0 Å². The highest BCUT2D eigenvalue weighted by atomic mass is 16.2. The summed E-state index contributed by atoms with van der Waals surface area (Å²) in [6.45, 7) is 1.87. The van der Waals surface area contributed by atoms with Gasteiger partial charge in [0.25, 0.3) is 0 Å². The van der Waals surface area contributed by atoms with Crippen LogP contribution in [0.5, 0.6) is 0 Å². The monoisotopic (exact) mass is 187 g/mol. The molecule has 1 unspecified atom stereocenters. The Balaban J connectivity index is 2.44. The number of hydrogen-bond acceptors (Lipinski definition) is 2. The lowest BCUT2D eigenvalue weighted by Gasteiger charge is -2.21. The smallest absolute Gasteiger partial charge is 0.247 e. The van der Waals surface area contributed by atoms with Gasteiger partial charge in [-0.15, -0.1) is 0 Å². The molecule has 0 spiro atoms. The molecule has 4 nitrogen and oxygen atoms in total. The van der Waals surface area contributed by atoms with Crippen LogP contribution in [0.15, 0.2) is 24.5 Å². The molecule has 70 valence electrons. The predicted molar refractivity (Wildman–Crippen MR) is 53.1 cm³/mol. The van der Waals surface area contributed by atoms with Gasteiger partial charge in [0, 0.05) is 0 Å². The van der Waals surface area contributed by atoms with Crippen molar-refractivity contribution in [3.63, 3.8) is 0 Å². The Morgan fingerprint density at radius 1 is 1.50 bits per heavy atom. The molecule has 14 heavy (non-hydrogen) atoms. The SMILES string of the molecule is CC1C(=O)Nc2cccc3ncn1c23. The molecule has 1 aromatic heterocycles. The van der Waals surface area contributed by atoms with Crippen molar-refractivity contribution in [3.8, 4) is 0 Å². The number of benzene rings is 1. The van der Waals surface area contributed by atoms with Crippen molar-refractivity contribution in [3.05, 3.63) is 24.5 Å². The van der Waals surface area contributed by atoms with Crippen LogP contribution in [-0.2, 0) is 4.79 Å². The van der Waals surface area contributed by atoms with Crippen molar-refractivity contribution in [1.29, 1.82) is 0 Å². The summed E-state index contributed by atoms with van der Waals surface area (Å²) < 4.78 is 1.91. The first-order valence-corrected chi connectivity index (χ1v) is 4.54. The average Bonchev–Trinajstić information content (AvgIpc) is 2.60. The van der Waals surface area contributed by atoms with Crippen LogP contribution in [0.25, 0.3) is 11.0 Å². The predicted octanol–water partition coefficient (Wildman–Crippen LogP) is 1.55. The molecule has 2 aromatic rings. The molecule has 0 saturated heterocycles. The van der Waals surface area contributed by atoms with E-state index in [-0.39, 0.29) is 11.9 Å². The van der Waals surface area contributed by atoms with Crippen molar-refractivity contribution >= 4 is 22.6 Å². The summed E-state index contributed by atoms with van der Waals surface area (Å²) in [4.78, 5) is 15.8. The van der Waals surface area contributed by atoms with E-state index in [0.29, 0.717) is 0 Å². The van der Waals surface area contributed by atoms with E-state index in [0.717, 1.165) is 16.7 Å². The molecular formula is C10H9N3O. The third-order valence-electron chi connectivity index (χ3n) is 2.65. The van der Waals surface area contributed by atoms with Gasteiger partial charge in [-0.25, -0.2) is 4.98 Å². The van der Waals surface area contributed by atoms with Crippen LogP contribution >= 0.6 is 0 Å². The molecule has 3 rings (SSSR count). The van der Waals surface area contributed by atoms with Crippen molar-refractivity contribution in [2.45, 2.75) is 13.0 Å². The fraction of sp³-hybridized carbons (Fsp3) is 0.200. The van der Waals surface area contributed by atoms with Crippen LogP contribution in [0.1, 0.15) is 13.0 Å². The number of rotatable bonds is 0. The largest absolute Gasteiger partial charge is 0.322 e. The second-order valence-corrected chi connectivity index (χ2v) is 3.49. The van der Waals surface area contributed by atoms with Gasteiger partial charge < -0.3 is 9.88 Å². The van der Waals surface area contributed by atoms with E-state index < -0.39 is 0 Å². The summed E-state index contributed by atoms with van der Waals surface area (Å²) in [6, 6.07) is 5.56. The van der Waals surface area contributed by atoms with Crippen LogP contribution < -0.4 is 5.32 Å². The number of para-hydroxylation sites is 1. The third kappa shape index (κ3) is 0.775. The first kappa shape index (κ1) is 7.55. The van der Waals surface area contributed by atoms with Gasteiger partial charge in [-0.1, -0.05) is 6.07 Å². The van der Waals surface area contributed by atoms with E-state index in [1.165, 1.54) is 0 Å². The molecule has 1 aromatic carbocycles. The highest BCUT2D eigenvalue weighted by Crippen LogP contribution is 2.29. The van der Waals surface area contributed by atoms with E-state index in [9.17, 15) is 4.79 Å². The van der Waals surface area contributed by atoms with Crippen molar-refractivity contribution in [2.24, 2.45) is 0 Å². The van der Waals surface area contributed by atoms with E-state index in [4.69, 9.17) is 0 Å². The maximum absolute atomic E-state index is 11.5. The zero-order valence-electron chi connectivity index (χ0n) is 7.69. The maximum atomic E-state index is 11.5. The molecule has 0 bridgehead atoms. The Kier molecular flexibility index (Phi) is 1.27. The fourth-order valence-corrected chi connectivity index (χ4v) is 1.85. The summed E-state index contributed by atoms with van der Waals surface area (Å²) in [7, 11) is 0. The molecule has 2 heterocycles. The minimum absolute atomic E-state index is 0.0167. The molecule has 0 saturated carbocycles. The van der Waals surface area contributed by atoms with Gasteiger partial charge in [-0.3, -0.25) is 4.79 Å². The van der Waals surface area contributed by atoms with E-state index >= 15 is 0 Å². The van der Waals surface area contributed by atoms with Gasteiger partial charge in [0.2, 0.25) is 5.91 Å². The van der Waals surface area contributed by atoms with Gasteiger partial charge in [-0.05, 0) is 19.1 Å². The first-order chi connectivity index (χ1) is 6.77. The zero-order valence-corrected chi connectivity index (χ0v) is 7.69. The Morgan fingerprint density at radius 2 is 2.36 bits per heavy atom. The molecule has 1 atom stereocenters. The van der Waals surface area contributed by atoms with Crippen molar-refractivity contribution < 1.29 is 4.79 Å². The summed E-state index contributed by atoms with van der Waals surface area (Å²) in [6.07, 6.45) is 1.72. The third-order valence-corrected chi connectivity index (χ3v) is 2.65. The highest BCUT2D eigenvalue weighted by molar-refractivity contribution is 6.04. The maximum Gasteiger partial charge on any atom is 0.247 e. The lowest BCUT2D eigenvalue weighted by atomic mass is 10.2. The lowest BCUT2D eigenvalue weighted by molar-refractivity contribution is -0.118. The molecular weight excluding hydrogens is 178 g/mol. The van der Waals surface area contributed by atoms with Crippen LogP contribution in [0.2, 0.25) is 0 Å². The van der Waals surface area contributed by atoms with Crippen LogP contribution in [0.3, 0.4) is 0 Å². The number of carbonyl (C=O) groups is 1. The zero-order chi connectivity index (χ0) is 9.71. The van der Waals surface area contributed by atoms with Crippen molar-refractivity contribution in [1.82, 2.24) is 9.55 Å². The highest BCUT2D eigenvalue weighted by Gasteiger charge is 2.24. The Morgan fingerprint density at radius 3 is 3.21 bits per heavy atom. The van der Waals surface area contributed by atoms with E-state index in [2.05, 4.69) is 10.3 Å². The van der Waals surface area contributed by atoms with E-state index in [1.807, 2.05) is 29.7 Å². The molecule has 4 heteroatoms. The summed E-state index contributed by atoms with van der Waals surface area (Å²) in [5.74, 6) is 0.0167.